The first-order valence-corrected chi connectivity index (χ1v) is 5.29. The van der Waals surface area contributed by atoms with Crippen molar-refractivity contribution in [1.29, 1.82) is 0 Å². The molecule has 0 radical (unpaired) electrons. The maximum atomic E-state index is 10.8. The largest absolute Gasteiger partial charge is 0.480 e. The summed E-state index contributed by atoms with van der Waals surface area (Å²) in [6, 6.07) is 7.02. The summed E-state index contributed by atoms with van der Waals surface area (Å²) in [6.45, 7) is 5.50. The predicted octanol–water partition coefficient (Wildman–Crippen LogP) is 2.81. The number of carboxylic acid groups (broad SMARTS) is 1. The van der Waals surface area contributed by atoms with E-state index in [1.807, 2.05) is 6.92 Å². The van der Waals surface area contributed by atoms with Crippen molar-refractivity contribution in [3.05, 3.63) is 41.9 Å². The summed E-state index contributed by atoms with van der Waals surface area (Å²) in [4.78, 5) is 12.5. The standard InChI is InChI=1S/C12H14ClNO2/c1-3-9(2)14(8-12(15)16)11-6-4-10(13)5-7-11/h3-7,9H,1,8H2,2H3,(H,15,16). The van der Waals surface area contributed by atoms with Crippen LogP contribution in [0.1, 0.15) is 6.92 Å². The van der Waals surface area contributed by atoms with Crippen molar-refractivity contribution < 1.29 is 9.90 Å². The molecule has 1 aromatic rings. The monoisotopic (exact) mass is 239 g/mol. The normalized spacial score (nSPS) is 11.9. The van der Waals surface area contributed by atoms with E-state index in [9.17, 15) is 4.79 Å². The summed E-state index contributed by atoms with van der Waals surface area (Å²) in [5.74, 6) is -0.872. The number of anilines is 1. The van der Waals surface area contributed by atoms with E-state index in [0.717, 1.165) is 5.69 Å². The average molecular weight is 240 g/mol. The molecule has 1 aromatic carbocycles. The molecule has 0 aromatic heterocycles. The molecule has 4 heteroatoms. The first-order valence-electron chi connectivity index (χ1n) is 4.91. The Hall–Kier alpha value is -1.48. The molecule has 3 nitrogen and oxygen atoms in total. The Bertz CT molecular complexity index is 375. The Morgan fingerprint density at radius 2 is 2.12 bits per heavy atom. The molecule has 1 atom stereocenters. The number of hydrogen-bond donors (Lipinski definition) is 1. The molecule has 0 amide bonds. The molecule has 0 aliphatic heterocycles. The lowest BCUT2D eigenvalue weighted by Gasteiger charge is -2.27. The van der Waals surface area contributed by atoms with Crippen LogP contribution in [0.4, 0.5) is 5.69 Å². The average Bonchev–Trinajstić information content (AvgIpc) is 2.26. The van der Waals surface area contributed by atoms with Gasteiger partial charge in [0.25, 0.3) is 0 Å². The lowest BCUT2D eigenvalue weighted by Crippen LogP contribution is -2.36. The fraction of sp³-hybridized carbons (Fsp3) is 0.250. The van der Waals surface area contributed by atoms with Crippen LogP contribution in [0.3, 0.4) is 0 Å². The van der Waals surface area contributed by atoms with Crippen molar-refractivity contribution in [3.8, 4) is 0 Å². The first kappa shape index (κ1) is 12.6. The van der Waals surface area contributed by atoms with Gasteiger partial charge in [-0.05, 0) is 31.2 Å². The van der Waals surface area contributed by atoms with Gasteiger partial charge in [0, 0.05) is 16.8 Å². The van der Waals surface area contributed by atoms with E-state index in [1.54, 1.807) is 35.2 Å². The Balaban J connectivity index is 2.95. The number of rotatable bonds is 5. The molecule has 0 fully saturated rings. The Labute approximate surface area is 100.0 Å². The van der Waals surface area contributed by atoms with E-state index in [4.69, 9.17) is 16.7 Å². The van der Waals surface area contributed by atoms with Gasteiger partial charge in [-0.3, -0.25) is 4.79 Å². The quantitative estimate of drug-likeness (QED) is 0.804. The number of carbonyl (C=O) groups is 1. The van der Waals surface area contributed by atoms with Crippen molar-refractivity contribution in [2.45, 2.75) is 13.0 Å². The Morgan fingerprint density at radius 3 is 2.56 bits per heavy atom. The molecule has 0 heterocycles. The van der Waals surface area contributed by atoms with Gasteiger partial charge in [-0.15, -0.1) is 6.58 Å². The first-order chi connectivity index (χ1) is 7.54. The zero-order valence-corrected chi connectivity index (χ0v) is 9.81. The topological polar surface area (TPSA) is 40.5 Å². The lowest BCUT2D eigenvalue weighted by atomic mass is 10.2. The zero-order valence-electron chi connectivity index (χ0n) is 9.06. The van der Waals surface area contributed by atoms with E-state index < -0.39 is 5.97 Å². The fourth-order valence-electron chi connectivity index (χ4n) is 1.38. The van der Waals surface area contributed by atoms with Crippen LogP contribution in [0.5, 0.6) is 0 Å². The van der Waals surface area contributed by atoms with Crippen LogP contribution in [0.25, 0.3) is 0 Å². The lowest BCUT2D eigenvalue weighted by molar-refractivity contribution is -0.135. The summed E-state index contributed by atoms with van der Waals surface area (Å²) < 4.78 is 0. The SMILES string of the molecule is C=CC(C)N(CC(=O)O)c1ccc(Cl)cc1. The van der Waals surface area contributed by atoms with E-state index in [-0.39, 0.29) is 12.6 Å². The third-order valence-corrected chi connectivity index (χ3v) is 2.55. The van der Waals surface area contributed by atoms with Crippen LogP contribution in [0.2, 0.25) is 5.02 Å². The highest BCUT2D eigenvalue weighted by Gasteiger charge is 2.14. The molecule has 0 saturated carbocycles. The van der Waals surface area contributed by atoms with Gasteiger partial charge in [0.05, 0.1) is 0 Å². The van der Waals surface area contributed by atoms with E-state index in [2.05, 4.69) is 6.58 Å². The van der Waals surface area contributed by atoms with Crippen molar-refractivity contribution in [3.63, 3.8) is 0 Å². The number of aliphatic carboxylic acids is 1. The number of carboxylic acids is 1. The van der Waals surface area contributed by atoms with Gasteiger partial charge in [-0.1, -0.05) is 17.7 Å². The maximum absolute atomic E-state index is 10.8. The molecule has 16 heavy (non-hydrogen) atoms. The summed E-state index contributed by atoms with van der Waals surface area (Å²) >= 11 is 5.78. The summed E-state index contributed by atoms with van der Waals surface area (Å²) in [5.41, 5.74) is 0.819. The van der Waals surface area contributed by atoms with Gasteiger partial charge in [0.1, 0.15) is 6.54 Å². The zero-order chi connectivity index (χ0) is 12.1. The summed E-state index contributed by atoms with van der Waals surface area (Å²) in [7, 11) is 0. The molecule has 0 aliphatic carbocycles. The van der Waals surface area contributed by atoms with Crippen LogP contribution < -0.4 is 4.90 Å². The molecule has 86 valence electrons. The van der Waals surface area contributed by atoms with Gasteiger partial charge in [0.2, 0.25) is 0 Å². The van der Waals surface area contributed by atoms with E-state index >= 15 is 0 Å². The van der Waals surface area contributed by atoms with E-state index in [1.165, 1.54) is 0 Å². The molecule has 0 spiro atoms. The van der Waals surface area contributed by atoms with Crippen molar-refractivity contribution in [2.75, 3.05) is 11.4 Å². The molecule has 0 saturated heterocycles. The second-order valence-corrected chi connectivity index (χ2v) is 3.91. The van der Waals surface area contributed by atoms with Gasteiger partial charge in [-0.2, -0.15) is 0 Å². The molecule has 1 N–H and O–H groups in total. The van der Waals surface area contributed by atoms with Crippen LogP contribution in [0, 0.1) is 0 Å². The van der Waals surface area contributed by atoms with Crippen molar-refractivity contribution in [1.82, 2.24) is 0 Å². The minimum absolute atomic E-state index is 0.0442. The highest BCUT2D eigenvalue weighted by Crippen LogP contribution is 2.20. The Kier molecular flexibility index (Phi) is 4.38. The van der Waals surface area contributed by atoms with Gasteiger partial charge in [-0.25, -0.2) is 0 Å². The van der Waals surface area contributed by atoms with Crippen molar-refractivity contribution >= 4 is 23.3 Å². The molecule has 1 unspecified atom stereocenters. The molecule has 0 aliphatic rings. The van der Waals surface area contributed by atoms with Crippen LogP contribution >= 0.6 is 11.6 Å². The summed E-state index contributed by atoms with van der Waals surface area (Å²) in [5, 5.41) is 9.47. The molecule has 0 bridgehead atoms. The highest BCUT2D eigenvalue weighted by atomic mass is 35.5. The second kappa shape index (κ2) is 5.56. The third-order valence-electron chi connectivity index (χ3n) is 2.30. The van der Waals surface area contributed by atoms with Crippen LogP contribution in [-0.2, 0) is 4.79 Å². The minimum atomic E-state index is -0.872. The highest BCUT2D eigenvalue weighted by molar-refractivity contribution is 6.30. The van der Waals surface area contributed by atoms with E-state index in [0.29, 0.717) is 5.02 Å². The predicted molar refractivity (Wildman–Crippen MR) is 66.1 cm³/mol. The van der Waals surface area contributed by atoms with Gasteiger partial charge in [0.15, 0.2) is 0 Å². The fourth-order valence-corrected chi connectivity index (χ4v) is 1.50. The van der Waals surface area contributed by atoms with Gasteiger partial charge < -0.3 is 10.0 Å². The van der Waals surface area contributed by atoms with Crippen molar-refractivity contribution in [2.24, 2.45) is 0 Å². The molecular weight excluding hydrogens is 226 g/mol. The number of halogens is 1. The summed E-state index contributed by atoms with van der Waals surface area (Å²) in [6.07, 6.45) is 1.71. The maximum Gasteiger partial charge on any atom is 0.323 e. The Morgan fingerprint density at radius 1 is 1.56 bits per heavy atom. The minimum Gasteiger partial charge on any atom is -0.480 e. The number of hydrogen-bond acceptors (Lipinski definition) is 2. The number of nitrogens with zero attached hydrogens (tertiary/aromatic N) is 1. The number of benzene rings is 1. The van der Waals surface area contributed by atoms with Crippen LogP contribution in [-0.4, -0.2) is 23.7 Å². The molecule has 1 rings (SSSR count). The van der Waals surface area contributed by atoms with Crippen LogP contribution in [0.15, 0.2) is 36.9 Å². The second-order valence-electron chi connectivity index (χ2n) is 3.47. The molecular formula is C12H14ClNO2. The third kappa shape index (κ3) is 3.28. The smallest absolute Gasteiger partial charge is 0.323 e. The van der Waals surface area contributed by atoms with Gasteiger partial charge >= 0.3 is 5.97 Å².